The molecule has 24 heavy (non-hydrogen) atoms. The zero-order valence-corrected chi connectivity index (χ0v) is 14.8. The zero-order chi connectivity index (χ0) is 17.1. The van der Waals surface area contributed by atoms with E-state index in [2.05, 4.69) is 47.3 Å². The number of hydrogen-bond acceptors (Lipinski definition) is 3. The Balaban J connectivity index is 1.54. The Bertz CT molecular complexity index is 687. The number of nitrogens with zero attached hydrogens (tertiary/aromatic N) is 4. The standard InChI is InChI=1S/C19H26N4O/c1-15-13-16(2)23(20-15)17(3)14-19(24)22-11-9-21(10-12-22)18-7-5-4-6-8-18/h4-8,13,17H,9-12,14H2,1-3H3. The van der Waals surface area contributed by atoms with Gasteiger partial charge in [0.15, 0.2) is 0 Å². The van der Waals surface area contributed by atoms with Gasteiger partial charge in [0.25, 0.3) is 0 Å². The average Bonchev–Trinajstić information content (AvgIpc) is 2.94. The number of aromatic nitrogens is 2. The summed E-state index contributed by atoms with van der Waals surface area (Å²) >= 11 is 0. The molecule has 1 aliphatic rings. The summed E-state index contributed by atoms with van der Waals surface area (Å²) < 4.78 is 1.97. The van der Waals surface area contributed by atoms with Crippen LogP contribution in [0.3, 0.4) is 0 Å². The van der Waals surface area contributed by atoms with Crippen molar-refractivity contribution in [2.45, 2.75) is 33.2 Å². The van der Waals surface area contributed by atoms with E-state index < -0.39 is 0 Å². The molecule has 1 aromatic carbocycles. The number of carbonyl (C=O) groups excluding carboxylic acids is 1. The van der Waals surface area contributed by atoms with Gasteiger partial charge in [-0.15, -0.1) is 0 Å². The second-order valence-electron chi connectivity index (χ2n) is 6.63. The summed E-state index contributed by atoms with van der Waals surface area (Å²) in [5.41, 5.74) is 3.35. The molecule has 1 aliphatic heterocycles. The van der Waals surface area contributed by atoms with Crippen molar-refractivity contribution in [3.63, 3.8) is 0 Å². The normalized spacial score (nSPS) is 16.3. The number of anilines is 1. The molecule has 3 rings (SSSR count). The lowest BCUT2D eigenvalue weighted by Crippen LogP contribution is -2.49. The van der Waals surface area contributed by atoms with Crippen LogP contribution in [-0.4, -0.2) is 46.8 Å². The Morgan fingerprint density at radius 2 is 1.79 bits per heavy atom. The lowest BCUT2D eigenvalue weighted by molar-refractivity contribution is -0.132. The van der Waals surface area contributed by atoms with Gasteiger partial charge in [-0.2, -0.15) is 5.10 Å². The van der Waals surface area contributed by atoms with E-state index in [0.717, 1.165) is 37.6 Å². The summed E-state index contributed by atoms with van der Waals surface area (Å²) in [4.78, 5) is 16.9. The summed E-state index contributed by atoms with van der Waals surface area (Å²) in [5.74, 6) is 0.225. The van der Waals surface area contributed by atoms with Gasteiger partial charge < -0.3 is 9.80 Å². The Hall–Kier alpha value is -2.30. The molecule has 2 aromatic rings. The number of carbonyl (C=O) groups is 1. The van der Waals surface area contributed by atoms with Gasteiger partial charge in [0.1, 0.15) is 0 Å². The smallest absolute Gasteiger partial charge is 0.224 e. The third kappa shape index (κ3) is 3.61. The summed E-state index contributed by atoms with van der Waals surface area (Å²) in [5, 5.41) is 4.50. The SMILES string of the molecule is Cc1cc(C)n(C(C)CC(=O)N2CCN(c3ccccc3)CC2)n1. The minimum absolute atomic E-state index is 0.0957. The van der Waals surface area contributed by atoms with Gasteiger partial charge in [-0.25, -0.2) is 0 Å². The molecule has 1 atom stereocenters. The van der Waals surface area contributed by atoms with E-state index in [-0.39, 0.29) is 11.9 Å². The summed E-state index contributed by atoms with van der Waals surface area (Å²) in [6.07, 6.45) is 0.507. The van der Waals surface area contributed by atoms with Crippen LogP contribution in [0.2, 0.25) is 0 Å². The highest BCUT2D eigenvalue weighted by Gasteiger charge is 2.23. The van der Waals surface area contributed by atoms with Crippen LogP contribution in [0.25, 0.3) is 0 Å². The van der Waals surface area contributed by atoms with Crippen molar-refractivity contribution >= 4 is 11.6 Å². The highest BCUT2D eigenvalue weighted by molar-refractivity contribution is 5.77. The molecule has 5 nitrogen and oxygen atoms in total. The number of amides is 1. The van der Waals surface area contributed by atoms with Crippen LogP contribution in [0, 0.1) is 13.8 Å². The molecule has 1 fully saturated rings. The van der Waals surface area contributed by atoms with Crippen molar-refractivity contribution in [1.29, 1.82) is 0 Å². The van der Waals surface area contributed by atoms with Crippen molar-refractivity contribution < 1.29 is 4.79 Å². The largest absolute Gasteiger partial charge is 0.368 e. The third-order valence-corrected chi connectivity index (χ3v) is 4.69. The molecule has 2 heterocycles. The Labute approximate surface area is 143 Å². The fourth-order valence-electron chi connectivity index (χ4n) is 3.41. The Morgan fingerprint density at radius 3 is 2.38 bits per heavy atom. The fraction of sp³-hybridized carbons (Fsp3) is 0.474. The number of para-hydroxylation sites is 1. The lowest BCUT2D eigenvalue weighted by atomic mass is 10.2. The van der Waals surface area contributed by atoms with Gasteiger partial charge in [-0.1, -0.05) is 18.2 Å². The first-order chi connectivity index (χ1) is 11.5. The topological polar surface area (TPSA) is 41.4 Å². The second kappa shape index (κ2) is 7.07. The molecule has 5 heteroatoms. The van der Waals surface area contributed by atoms with E-state index in [0.29, 0.717) is 6.42 Å². The van der Waals surface area contributed by atoms with Gasteiger partial charge in [-0.05, 0) is 39.0 Å². The predicted octanol–water partition coefficient (Wildman–Crippen LogP) is 2.80. The molecule has 128 valence electrons. The Kier molecular flexibility index (Phi) is 4.88. The van der Waals surface area contributed by atoms with Crippen LogP contribution in [0.5, 0.6) is 0 Å². The zero-order valence-electron chi connectivity index (χ0n) is 14.8. The van der Waals surface area contributed by atoms with Gasteiger partial charge in [0.2, 0.25) is 5.91 Å². The maximum Gasteiger partial charge on any atom is 0.224 e. The quantitative estimate of drug-likeness (QED) is 0.867. The minimum atomic E-state index is 0.0957. The summed E-state index contributed by atoms with van der Waals surface area (Å²) in [6, 6.07) is 12.6. The van der Waals surface area contributed by atoms with Crippen LogP contribution >= 0.6 is 0 Å². The maximum absolute atomic E-state index is 12.6. The molecule has 1 aromatic heterocycles. The van der Waals surface area contributed by atoms with Gasteiger partial charge in [-0.3, -0.25) is 9.48 Å². The molecule has 0 radical (unpaired) electrons. The minimum Gasteiger partial charge on any atom is -0.368 e. The first kappa shape index (κ1) is 16.6. The van der Waals surface area contributed by atoms with Crippen molar-refractivity contribution in [2.75, 3.05) is 31.1 Å². The average molecular weight is 326 g/mol. The van der Waals surface area contributed by atoms with E-state index >= 15 is 0 Å². The molecule has 0 bridgehead atoms. The van der Waals surface area contributed by atoms with Crippen LogP contribution in [0.4, 0.5) is 5.69 Å². The van der Waals surface area contributed by atoms with E-state index in [1.807, 2.05) is 29.5 Å². The number of piperazine rings is 1. The van der Waals surface area contributed by atoms with Crippen molar-refractivity contribution in [2.24, 2.45) is 0 Å². The van der Waals surface area contributed by atoms with Gasteiger partial charge in [0.05, 0.1) is 11.7 Å². The summed E-state index contributed by atoms with van der Waals surface area (Å²) in [6.45, 7) is 9.46. The molecule has 0 N–H and O–H groups in total. The molecule has 1 unspecified atom stereocenters. The number of aryl methyl sites for hydroxylation is 2. The van der Waals surface area contributed by atoms with Crippen LogP contribution < -0.4 is 4.90 Å². The second-order valence-corrected chi connectivity index (χ2v) is 6.63. The molecule has 0 spiro atoms. The molecule has 0 saturated carbocycles. The third-order valence-electron chi connectivity index (χ3n) is 4.69. The maximum atomic E-state index is 12.6. The lowest BCUT2D eigenvalue weighted by Gasteiger charge is -2.36. The van der Waals surface area contributed by atoms with E-state index in [1.54, 1.807) is 0 Å². The van der Waals surface area contributed by atoms with E-state index in [4.69, 9.17) is 0 Å². The fourth-order valence-corrected chi connectivity index (χ4v) is 3.41. The van der Waals surface area contributed by atoms with Crippen LogP contribution in [-0.2, 0) is 4.79 Å². The predicted molar refractivity (Wildman–Crippen MR) is 96.3 cm³/mol. The first-order valence-corrected chi connectivity index (χ1v) is 8.65. The van der Waals surface area contributed by atoms with E-state index in [1.165, 1.54) is 5.69 Å². The highest BCUT2D eigenvalue weighted by atomic mass is 16.2. The van der Waals surface area contributed by atoms with Gasteiger partial charge in [0, 0.05) is 44.0 Å². The number of rotatable bonds is 4. The molecule has 1 saturated heterocycles. The van der Waals surface area contributed by atoms with Crippen molar-refractivity contribution in [1.82, 2.24) is 14.7 Å². The van der Waals surface area contributed by atoms with Crippen molar-refractivity contribution in [3.8, 4) is 0 Å². The van der Waals surface area contributed by atoms with Crippen molar-refractivity contribution in [3.05, 3.63) is 47.8 Å². The monoisotopic (exact) mass is 326 g/mol. The number of hydrogen-bond donors (Lipinski definition) is 0. The molecule has 0 aliphatic carbocycles. The van der Waals surface area contributed by atoms with Crippen LogP contribution in [0.15, 0.2) is 36.4 Å². The van der Waals surface area contributed by atoms with Gasteiger partial charge >= 0.3 is 0 Å². The van der Waals surface area contributed by atoms with Crippen LogP contribution in [0.1, 0.15) is 30.8 Å². The summed E-state index contributed by atoms with van der Waals surface area (Å²) in [7, 11) is 0. The molecule has 1 amide bonds. The van der Waals surface area contributed by atoms with E-state index in [9.17, 15) is 4.79 Å². The number of benzene rings is 1. The highest BCUT2D eigenvalue weighted by Crippen LogP contribution is 2.19. The Morgan fingerprint density at radius 1 is 1.12 bits per heavy atom. The first-order valence-electron chi connectivity index (χ1n) is 8.65. The molecular weight excluding hydrogens is 300 g/mol. The molecular formula is C19H26N4O.